The van der Waals surface area contributed by atoms with Crippen LogP contribution in [0.2, 0.25) is 0 Å². The monoisotopic (exact) mass is 302 g/mol. The number of aryl methyl sites for hydroxylation is 3. The van der Waals surface area contributed by atoms with E-state index in [1.54, 1.807) is 12.3 Å². The van der Waals surface area contributed by atoms with Crippen LogP contribution in [-0.4, -0.2) is 20.9 Å². The number of nitrogens with one attached hydrogen (secondary N) is 2. The van der Waals surface area contributed by atoms with Gasteiger partial charge in [0.25, 0.3) is 0 Å². The van der Waals surface area contributed by atoms with Crippen LogP contribution < -0.4 is 5.32 Å². The van der Waals surface area contributed by atoms with Crippen molar-refractivity contribution in [2.45, 2.75) is 33.6 Å². The molecule has 2 N–H and O–H groups in total. The number of rotatable bonds is 4. The lowest BCUT2D eigenvalue weighted by molar-refractivity contribution is -0.116. The second-order valence-electron chi connectivity index (χ2n) is 4.96. The molecule has 110 valence electrons. The van der Waals surface area contributed by atoms with Gasteiger partial charge in [0, 0.05) is 35.4 Å². The van der Waals surface area contributed by atoms with Gasteiger partial charge in [0.05, 0.1) is 0 Å². The summed E-state index contributed by atoms with van der Waals surface area (Å²) in [4.78, 5) is 23.4. The number of carbonyl (C=O) groups excluding carboxylic acids is 1. The molecule has 0 aliphatic rings. The third-order valence-electron chi connectivity index (χ3n) is 3.24. The molecule has 0 spiro atoms. The molecule has 0 aliphatic carbocycles. The van der Waals surface area contributed by atoms with Crippen molar-refractivity contribution in [3.8, 4) is 0 Å². The van der Waals surface area contributed by atoms with Crippen LogP contribution in [0.5, 0.6) is 0 Å². The standard InChI is InChI=1S/C15H18N4OS/c1-9-8-12(6-7-16-9)19-14(20)5-4-13-10(2)17-15(21)18-11(13)3/h6-8H,4-5H2,1-3H3,(H,16,19,20)(H,17,18,21). The highest BCUT2D eigenvalue weighted by molar-refractivity contribution is 7.71. The van der Waals surface area contributed by atoms with E-state index in [0.717, 1.165) is 28.3 Å². The van der Waals surface area contributed by atoms with Crippen LogP contribution in [-0.2, 0) is 11.2 Å². The average molecular weight is 302 g/mol. The van der Waals surface area contributed by atoms with E-state index in [-0.39, 0.29) is 5.91 Å². The Bertz CT molecular complexity index is 698. The van der Waals surface area contributed by atoms with Gasteiger partial charge in [-0.1, -0.05) is 0 Å². The van der Waals surface area contributed by atoms with E-state index in [0.29, 0.717) is 17.6 Å². The molecular formula is C15H18N4OS. The third-order valence-corrected chi connectivity index (χ3v) is 3.43. The van der Waals surface area contributed by atoms with Crippen LogP contribution in [0.4, 0.5) is 5.69 Å². The quantitative estimate of drug-likeness (QED) is 0.852. The van der Waals surface area contributed by atoms with Gasteiger partial charge in [-0.05, 0) is 57.1 Å². The number of carbonyl (C=O) groups is 1. The molecule has 0 bridgehead atoms. The fourth-order valence-electron chi connectivity index (χ4n) is 2.21. The van der Waals surface area contributed by atoms with Crippen LogP contribution in [0.25, 0.3) is 0 Å². The predicted molar refractivity (Wildman–Crippen MR) is 84.8 cm³/mol. The van der Waals surface area contributed by atoms with E-state index in [1.807, 2.05) is 26.8 Å². The number of amides is 1. The second-order valence-corrected chi connectivity index (χ2v) is 5.35. The molecule has 0 fully saturated rings. The summed E-state index contributed by atoms with van der Waals surface area (Å²) >= 11 is 5.03. The molecule has 0 radical (unpaired) electrons. The normalized spacial score (nSPS) is 10.4. The average Bonchev–Trinajstić information content (AvgIpc) is 2.37. The highest BCUT2D eigenvalue weighted by Crippen LogP contribution is 2.13. The smallest absolute Gasteiger partial charge is 0.224 e. The molecule has 0 atom stereocenters. The summed E-state index contributed by atoms with van der Waals surface area (Å²) in [5.41, 5.74) is 4.54. The van der Waals surface area contributed by atoms with Crippen molar-refractivity contribution >= 4 is 23.8 Å². The first-order valence-corrected chi connectivity index (χ1v) is 7.15. The largest absolute Gasteiger partial charge is 0.335 e. The fourth-order valence-corrected chi connectivity index (χ4v) is 2.50. The molecular weight excluding hydrogens is 284 g/mol. The molecule has 5 nitrogen and oxygen atoms in total. The highest BCUT2D eigenvalue weighted by Gasteiger charge is 2.08. The van der Waals surface area contributed by atoms with E-state index >= 15 is 0 Å². The lowest BCUT2D eigenvalue weighted by Crippen LogP contribution is -2.13. The number of aromatic nitrogens is 3. The van der Waals surface area contributed by atoms with Gasteiger partial charge in [-0.2, -0.15) is 0 Å². The fraction of sp³-hybridized carbons (Fsp3) is 0.333. The maximum atomic E-state index is 12.0. The molecule has 2 rings (SSSR count). The summed E-state index contributed by atoms with van der Waals surface area (Å²) in [6.07, 6.45) is 2.71. The van der Waals surface area contributed by atoms with Crippen molar-refractivity contribution in [3.05, 3.63) is 45.7 Å². The number of nitrogens with zero attached hydrogens (tertiary/aromatic N) is 2. The van der Waals surface area contributed by atoms with Gasteiger partial charge in [0.2, 0.25) is 5.91 Å². The van der Waals surface area contributed by atoms with Crippen molar-refractivity contribution in [2.75, 3.05) is 5.32 Å². The first-order valence-electron chi connectivity index (χ1n) is 6.74. The van der Waals surface area contributed by atoms with Gasteiger partial charge in [-0.25, -0.2) is 4.98 Å². The Hall–Kier alpha value is -2.08. The zero-order chi connectivity index (χ0) is 15.4. The molecule has 1 amide bonds. The molecule has 2 heterocycles. The summed E-state index contributed by atoms with van der Waals surface area (Å²) in [6.45, 7) is 5.75. The lowest BCUT2D eigenvalue weighted by Gasteiger charge is -2.09. The zero-order valence-electron chi connectivity index (χ0n) is 12.4. The number of aromatic amines is 1. The van der Waals surface area contributed by atoms with Crippen molar-refractivity contribution in [1.82, 2.24) is 15.0 Å². The van der Waals surface area contributed by atoms with Crippen LogP contribution in [0.1, 0.15) is 29.1 Å². The third kappa shape index (κ3) is 4.19. The number of hydrogen-bond acceptors (Lipinski definition) is 4. The van der Waals surface area contributed by atoms with Crippen molar-refractivity contribution in [1.29, 1.82) is 0 Å². The van der Waals surface area contributed by atoms with Crippen LogP contribution >= 0.6 is 12.2 Å². The Balaban J connectivity index is 2.00. The maximum Gasteiger partial charge on any atom is 0.224 e. The minimum atomic E-state index is -0.0261. The van der Waals surface area contributed by atoms with Gasteiger partial charge in [-0.3, -0.25) is 9.78 Å². The number of pyridine rings is 1. The first kappa shape index (κ1) is 15.3. The summed E-state index contributed by atoms with van der Waals surface area (Å²) in [6, 6.07) is 3.62. The summed E-state index contributed by atoms with van der Waals surface area (Å²) in [7, 11) is 0. The van der Waals surface area contributed by atoms with Crippen LogP contribution in [0.3, 0.4) is 0 Å². The molecule has 2 aromatic heterocycles. The van der Waals surface area contributed by atoms with Gasteiger partial charge in [0.15, 0.2) is 4.77 Å². The minimum absolute atomic E-state index is 0.0261. The van der Waals surface area contributed by atoms with Crippen LogP contribution in [0.15, 0.2) is 18.3 Å². The van der Waals surface area contributed by atoms with Gasteiger partial charge in [-0.15, -0.1) is 0 Å². The maximum absolute atomic E-state index is 12.0. The van der Waals surface area contributed by atoms with E-state index in [1.165, 1.54) is 0 Å². The van der Waals surface area contributed by atoms with E-state index in [2.05, 4.69) is 20.3 Å². The molecule has 0 aromatic carbocycles. The second kappa shape index (κ2) is 6.58. The Morgan fingerprint density at radius 1 is 1.38 bits per heavy atom. The Morgan fingerprint density at radius 3 is 2.81 bits per heavy atom. The Labute approximate surface area is 128 Å². The topological polar surface area (TPSA) is 70.7 Å². The summed E-state index contributed by atoms with van der Waals surface area (Å²) < 4.78 is 0.477. The van der Waals surface area contributed by atoms with Crippen molar-refractivity contribution < 1.29 is 4.79 Å². The first-order chi connectivity index (χ1) is 9.95. The molecule has 2 aromatic rings. The van der Waals surface area contributed by atoms with Gasteiger partial charge < -0.3 is 10.3 Å². The lowest BCUT2D eigenvalue weighted by atomic mass is 10.1. The van der Waals surface area contributed by atoms with Crippen LogP contribution in [0, 0.1) is 25.5 Å². The minimum Gasteiger partial charge on any atom is -0.335 e. The Morgan fingerprint density at radius 2 is 2.14 bits per heavy atom. The Kier molecular flexibility index (Phi) is 4.80. The number of anilines is 1. The summed E-state index contributed by atoms with van der Waals surface area (Å²) in [5.74, 6) is -0.0261. The molecule has 0 saturated carbocycles. The van der Waals surface area contributed by atoms with E-state index in [9.17, 15) is 4.79 Å². The predicted octanol–water partition coefficient (Wildman–Crippen LogP) is 3.03. The molecule has 6 heteroatoms. The number of H-pyrrole nitrogens is 1. The van der Waals surface area contributed by atoms with Gasteiger partial charge >= 0.3 is 0 Å². The zero-order valence-corrected chi connectivity index (χ0v) is 13.2. The molecule has 0 aliphatic heterocycles. The number of hydrogen-bond donors (Lipinski definition) is 2. The molecule has 21 heavy (non-hydrogen) atoms. The molecule has 0 saturated heterocycles. The van der Waals surface area contributed by atoms with Crippen molar-refractivity contribution in [2.24, 2.45) is 0 Å². The molecule has 0 unspecified atom stereocenters. The SMILES string of the molecule is Cc1cc(NC(=O)CCc2c(C)nc(=S)[nH]c2C)ccn1. The van der Waals surface area contributed by atoms with Crippen molar-refractivity contribution in [3.63, 3.8) is 0 Å². The summed E-state index contributed by atoms with van der Waals surface area (Å²) in [5, 5.41) is 2.87. The van der Waals surface area contributed by atoms with Gasteiger partial charge in [0.1, 0.15) is 0 Å². The van der Waals surface area contributed by atoms with E-state index in [4.69, 9.17) is 12.2 Å². The highest BCUT2D eigenvalue weighted by atomic mass is 32.1. The van der Waals surface area contributed by atoms with E-state index < -0.39 is 0 Å².